The Kier molecular flexibility index (Phi) is 9.02. The fourth-order valence-corrected chi connectivity index (χ4v) is 2.56. The van der Waals surface area contributed by atoms with Crippen LogP contribution in [0, 0.1) is 0 Å². The van der Waals surface area contributed by atoms with Crippen molar-refractivity contribution in [3.8, 4) is 0 Å². The van der Waals surface area contributed by atoms with E-state index in [4.69, 9.17) is 27.9 Å². The van der Waals surface area contributed by atoms with Crippen molar-refractivity contribution < 1.29 is 9.53 Å². The van der Waals surface area contributed by atoms with E-state index in [1.54, 1.807) is 31.5 Å². The van der Waals surface area contributed by atoms with Crippen molar-refractivity contribution in [3.05, 3.63) is 69.7 Å². The second-order valence-electron chi connectivity index (χ2n) is 5.83. The fourth-order valence-electron chi connectivity index (χ4n) is 2.31. The van der Waals surface area contributed by atoms with Gasteiger partial charge in [-0.1, -0.05) is 47.5 Å². The Morgan fingerprint density at radius 3 is 2.11 bits per heavy atom. The smallest absolute Gasteiger partial charge is 0.330 e. The molecule has 0 heterocycles. The standard InChI is InChI=1S/C21H22Cl2N2O2/c1-2-27-21(26)20(25-15-17-7-11-19(23)12-8-17)4-3-13-24-14-16-5-9-18(22)10-6-16/h5-12,14-15,20H,2-4,13H2,1H3/b24-14+,25-15+. The zero-order valence-electron chi connectivity index (χ0n) is 15.1. The summed E-state index contributed by atoms with van der Waals surface area (Å²) in [6.07, 6.45) is 4.77. The Hall–Kier alpha value is -2.17. The molecule has 27 heavy (non-hydrogen) atoms. The van der Waals surface area contributed by atoms with Crippen LogP contribution in [0.3, 0.4) is 0 Å². The van der Waals surface area contributed by atoms with E-state index in [2.05, 4.69) is 9.98 Å². The number of esters is 1. The van der Waals surface area contributed by atoms with Gasteiger partial charge in [0.15, 0.2) is 0 Å². The molecule has 2 aromatic carbocycles. The summed E-state index contributed by atoms with van der Waals surface area (Å²) in [4.78, 5) is 20.9. The summed E-state index contributed by atoms with van der Waals surface area (Å²) in [5.74, 6) is -0.315. The molecule has 1 atom stereocenters. The lowest BCUT2D eigenvalue weighted by Gasteiger charge is -2.10. The van der Waals surface area contributed by atoms with Crippen LogP contribution in [-0.2, 0) is 9.53 Å². The number of hydrogen-bond donors (Lipinski definition) is 0. The molecule has 0 saturated heterocycles. The van der Waals surface area contributed by atoms with Gasteiger partial charge < -0.3 is 4.74 Å². The molecule has 2 rings (SSSR count). The molecule has 0 radical (unpaired) electrons. The Morgan fingerprint density at radius 2 is 1.56 bits per heavy atom. The number of ether oxygens (including phenoxy) is 1. The number of nitrogens with zero attached hydrogens (tertiary/aromatic N) is 2. The molecule has 0 saturated carbocycles. The van der Waals surface area contributed by atoms with Gasteiger partial charge in [0.25, 0.3) is 0 Å². The Morgan fingerprint density at radius 1 is 1.00 bits per heavy atom. The van der Waals surface area contributed by atoms with Crippen LogP contribution in [0.2, 0.25) is 10.0 Å². The molecule has 0 aliphatic carbocycles. The van der Waals surface area contributed by atoms with E-state index in [9.17, 15) is 4.79 Å². The summed E-state index contributed by atoms with van der Waals surface area (Å²) in [5, 5.41) is 1.36. The number of rotatable bonds is 9. The quantitative estimate of drug-likeness (QED) is 0.325. The first kappa shape index (κ1) is 21.1. The first-order valence-corrected chi connectivity index (χ1v) is 9.55. The third-order valence-corrected chi connectivity index (χ3v) is 4.21. The molecule has 0 aliphatic heterocycles. The maximum atomic E-state index is 12.1. The molecule has 0 aromatic heterocycles. The van der Waals surface area contributed by atoms with E-state index in [0.29, 0.717) is 29.6 Å². The first-order chi connectivity index (χ1) is 13.1. The molecule has 0 fully saturated rings. The Bertz CT molecular complexity index is 772. The van der Waals surface area contributed by atoms with Gasteiger partial charge in [-0.25, -0.2) is 4.79 Å². The van der Waals surface area contributed by atoms with E-state index < -0.39 is 6.04 Å². The summed E-state index contributed by atoms with van der Waals surface area (Å²) in [6, 6.07) is 14.2. The van der Waals surface area contributed by atoms with Gasteiger partial charge in [-0.15, -0.1) is 0 Å². The van der Waals surface area contributed by atoms with E-state index in [1.165, 1.54) is 0 Å². The fraction of sp³-hybridized carbons (Fsp3) is 0.286. The zero-order valence-corrected chi connectivity index (χ0v) is 16.7. The molecule has 4 nitrogen and oxygen atoms in total. The van der Waals surface area contributed by atoms with Crippen LogP contribution in [0.1, 0.15) is 30.9 Å². The predicted molar refractivity (Wildman–Crippen MR) is 113 cm³/mol. The minimum atomic E-state index is -0.536. The van der Waals surface area contributed by atoms with Crippen molar-refractivity contribution in [1.29, 1.82) is 0 Å². The van der Waals surface area contributed by atoms with Crippen LogP contribution in [-0.4, -0.2) is 37.6 Å². The number of hydrogen-bond acceptors (Lipinski definition) is 4. The predicted octanol–water partition coefficient (Wildman–Crippen LogP) is 5.24. The maximum Gasteiger partial charge on any atom is 0.330 e. The number of benzene rings is 2. The molecule has 0 N–H and O–H groups in total. The summed E-state index contributed by atoms with van der Waals surface area (Å²) in [5.41, 5.74) is 1.87. The van der Waals surface area contributed by atoms with E-state index in [-0.39, 0.29) is 5.97 Å². The average Bonchev–Trinajstić information content (AvgIpc) is 2.67. The number of aliphatic imine (C=N–C) groups is 2. The van der Waals surface area contributed by atoms with Gasteiger partial charge in [0, 0.05) is 29.0 Å². The van der Waals surface area contributed by atoms with E-state index >= 15 is 0 Å². The molecule has 1 unspecified atom stereocenters. The van der Waals surface area contributed by atoms with Crippen molar-refractivity contribution in [2.75, 3.05) is 13.2 Å². The lowest BCUT2D eigenvalue weighted by Crippen LogP contribution is -2.22. The van der Waals surface area contributed by atoms with Gasteiger partial charge in [0.1, 0.15) is 6.04 Å². The molecular weight excluding hydrogens is 383 g/mol. The number of halogens is 2. The highest BCUT2D eigenvalue weighted by Gasteiger charge is 2.17. The minimum absolute atomic E-state index is 0.315. The van der Waals surface area contributed by atoms with Crippen molar-refractivity contribution in [2.45, 2.75) is 25.8 Å². The van der Waals surface area contributed by atoms with Crippen LogP contribution in [0.4, 0.5) is 0 Å². The number of carbonyl (C=O) groups excluding carboxylic acids is 1. The van der Waals surface area contributed by atoms with E-state index in [0.717, 1.165) is 17.5 Å². The summed E-state index contributed by atoms with van der Waals surface area (Å²) in [7, 11) is 0. The lowest BCUT2D eigenvalue weighted by atomic mass is 10.1. The summed E-state index contributed by atoms with van der Waals surface area (Å²) >= 11 is 11.7. The third kappa shape index (κ3) is 7.94. The molecule has 142 valence electrons. The highest BCUT2D eigenvalue weighted by Crippen LogP contribution is 2.11. The topological polar surface area (TPSA) is 51.0 Å². The van der Waals surface area contributed by atoms with Crippen molar-refractivity contribution >= 4 is 41.6 Å². The number of carbonyl (C=O) groups is 1. The second kappa shape index (κ2) is 11.5. The largest absolute Gasteiger partial charge is 0.464 e. The third-order valence-electron chi connectivity index (χ3n) is 3.71. The summed E-state index contributed by atoms with van der Waals surface area (Å²) < 4.78 is 5.12. The minimum Gasteiger partial charge on any atom is -0.464 e. The Labute approximate surface area is 169 Å². The highest BCUT2D eigenvalue weighted by atomic mass is 35.5. The maximum absolute atomic E-state index is 12.1. The monoisotopic (exact) mass is 404 g/mol. The molecule has 0 bridgehead atoms. The first-order valence-electron chi connectivity index (χ1n) is 8.79. The van der Waals surface area contributed by atoms with Gasteiger partial charge in [-0.05, 0) is 55.2 Å². The van der Waals surface area contributed by atoms with Crippen molar-refractivity contribution in [2.24, 2.45) is 9.98 Å². The molecule has 6 heteroatoms. The van der Waals surface area contributed by atoms with Gasteiger partial charge in [-0.2, -0.15) is 0 Å². The van der Waals surface area contributed by atoms with Crippen LogP contribution >= 0.6 is 23.2 Å². The van der Waals surface area contributed by atoms with Crippen LogP contribution in [0.5, 0.6) is 0 Å². The van der Waals surface area contributed by atoms with Gasteiger partial charge in [0.05, 0.1) is 6.61 Å². The van der Waals surface area contributed by atoms with Crippen LogP contribution in [0.25, 0.3) is 0 Å². The zero-order chi connectivity index (χ0) is 19.5. The van der Waals surface area contributed by atoms with Crippen molar-refractivity contribution in [3.63, 3.8) is 0 Å². The Balaban J connectivity index is 1.89. The normalized spacial score (nSPS) is 12.6. The van der Waals surface area contributed by atoms with E-state index in [1.807, 2.05) is 36.4 Å². The van der Waals surface area contributed by atoms with Crippen molar-refractivity contribution in [1.82, 2.24) is 0 Å². The average molecular weight is 405 g/mol. The lowest BCUT2D eigenvalue weighted by molar-refractivity contribution is -0.144. The van der Waals surface area contributed by atoms with Gasteiger partial charge in [-0.3, -0.25) is 9.98 Å². The van der Waals surface area contributed by atoms with Gasteiger partial charge in [0.2, 0.25) is 0 Å². The molecule has 0 amide bonds. The molecule has 0 aliphatic rings. The molecule has 0 spiro atoms. The second-order valence-corrected chi connectivity index (χ2v) is 6.70. The van der Waals surface area contributed by atoms with Crippen LogP contribution < -0.4 is 0 Å². The van der Waals surface area contributed by atoms with Gasteiger partial charge >= 0.3 is 5.97 Å². The molecular formula is C21H22Cl2N2O2. The summed E-state index contributed by atoms with van der Waals surface area (Å²) in [6.45, 7) is 2.73. The highest BCUT2D eigenvalue weighted by molar-refractivity contribution is 6.30. The SMILES string of the molecule is CCOC(=O)C(CCC/N=C/c1ccc(Cl)cc1)/N=C/c1ccc(Cl)cc1. The van der Waals surface area contributed by atoms with Crippen LogP contribution in [0.15, 0.2) is 58.5 Å². The molecule has 2 aromatic rings.